The molecule has 1 amide bonds. The van der Waals surface area contributed by atoms with Gasteiger partial charge >= 0.3 is 0 Å². The maximum Gasteiger partial charge on any atom is 0.259 e. The highest BCUT2D eigenvalue weighted by Crippen LogP contribution is 2.29. The van der Waals surface area contributed by atoms with E-state index in [4.69, 9.17) is 15.7 Å². The van der Waals surface area contributed by atoms with Crippen LogP contribution in [0.25, 0.3) is 0 Å². The first-order valence-electron chi connectivity index (χ1n) is 4.77. The van der Waals surface area contributed by atoms with Gasteiger partial charge in [0.25, 0.3) is 5.91 Å². The fraction of sp³-hybridized carbons (Fsp3) is 0.273. The first kappa shape index (κ1) is 13.6. The van der Waals surface area contributed by atoms with Crippen LogP contribution < -0.4 is 10.5 Å². The summed E-state index contributed by atoms with van der Waals surface area (Å²) in [6.07, 6.45) is 0. The molecule has 1 rings (SSSR count). The van der Waals surface area contributed by atoms with Crippen LogP contribution in [0.1, 0.15) is 5.56 Å². The molecule has 5 nitrogen and oxygen atoms in total. The molecule has 0 saturated carbocycles. The second-order valence-electron chi connectivity index (χ2n) is 3.57. The fourth-order valence-corrected chi connectivity index (χ4v) is 1.90. The van der Waals surface area contributed by atoms with Crippen LogP contribution in [0.3, 0.4) is 0 Å². The number of nitrogens with zero attached hydrogens (tertiary/aromatic N) is 2. The molecular weight excluding hydrogens is 333 g/mol. The maximum atomic E-state index is 11.4. The third kappa shape index (κ3) is 3.49. The van der Waals surface area contributed by atoms with Crippen molar-refractivity contribution < 1.29 is 9.53 Å². The average Bonchev–Trinajstić information content (AvgIpc) is 2.27. The number of amides is 1. The Hall–Kier alpha value is -1.49. The maximum absolute atomic E-state index is 11.4. The molecule has 0 heterocycles. The van der Waals surface area contributed by atoms with Gasteiger partial charge in [-0.25, -0.2) is 0 Å². The normalized spacial score (nSPS) is 9.53. The monoisotopic (exact) mass is 345 g/mol. The highest BCUT2D eigenvalue weighted by molar-refractivity contribution is 14.1. The van der Waals surface area contributed by atoms with Crippen LogP contribution in [0.4, 0.5) is 5.69 Å². The molecule has 0 radical (unpaired) electrons. The lowest BCUT2D eigenvalue weighted by atomic mass is 10.2. The summed E-state index contributed by atoms with van der Waals surface area (Å²) in [6, 6.07) is 5.19. The zero-order valence-corrected chi connectivity index (χ0v) is 11.7. The summed E-state index contributed by atoms with van der Waals surface area (Å²) < 4.78 is 6.07. The highest BCUT2D eigenvalue weighted by atomic mass is 127. The molecule has 0 aromatic heterocycles. The molecule has 0 saturated heterocycles. The minimum atomic E-state index is -0.149. The van der Waals surface area contributed by atoms with Gasteiger partial charge in [0.2, 0.25) is 0 Å². The van der Waals surface area contributed by atoms with Crippen LogP contribution >= 0.6 is 22.6 Å². The molecule has 1 aromatic rings. The topological polar surface area (TPSA) is 79.3 Å². The van der Waals surface area contributed by atoms with Crippen molar-refractivity contribution in [3.63, 3.8) is 0 Å². The van der Waals surface area contributed by atoms with E-state index in [2.05, 4.69) is 0 Å². The molecule has 0 aliphatic rings. The van der Waals surface area contributed by atoms with Crippen molar-refractivity contribution in [2.24, 2.45) is 0 Å². The minimum Gasteiger partial charge on any atom is -0.480 e. The quantitative estimate of drug-likeness (QED) is 0.660. The summed E-state index contributed by atoms with van der Waals surface area (Å²) in [7, 11) is 3.30. The van der Waals surface area contributed by atoms with Crippen molar-refractivity contribution in [1.82, 2.24) is 4.90 Å². The van der Waals surface area contributed by atoms with Crippen molar-refractivity contribution in [2.75, 3.05) is 26.4 Å². The summed E-state index contributed by atoms with van der Waals surface area (Å²) >= 11 is 2.02. The largest absolute Gasteiger partial charge is 0.480 e. The predicted octanol–water partition coefficient (Wildman–Crippen LogP) is 1.21. The number of anilines is 1. The Labute approximate surface area is 113 Å². The number of likely N-dealkylation sites (N-methyl/N-ethyl adjacent to an activating group) is 1. The first-order valence-corrected chi connectivity index (χ1v) is 5.85. The molecule has 17 heavy (non-hydrogen) atoms. The van der Waals surface area contributed by atoms with Gasteiger partial charge in [-0.05, 0) is 34.7 Å². The average molecular weight is 345 g/mol. The van der Waals surface area contributed by atoms with Gasteiger partial charge in [0.1, 0.15) is 0 Å². The Morgan fingerprint density at radius 3 is 2.71 bits per heavy atom. The predicted molar refractivity (Wildman–Crippen MR) is 72.5 cm³/mol. The summed E-state index contributed by atoms with van der Waals surface area (Å²) in [6.45, 7) is -0.0703. The lowest BCUT2D eigenvalue weighted by Crippen LogP contribution is -2.27. The number of nitrogen functional groups attached to an aromatic ring is 1. The number of benzene rings is 1. The van der Waals surface area contributed by atoms with Gasteiger partial charge in [-0.15, -0.1) is 0 Å². The third-order valence-electron chi connectivity index (χ3n) is 2.04. The molecule has 0 unspecified atom stereocenters. The van der Waals surface area contributed by atoms with E-state index >= 15 is 0 Å². The van der Waals surface area contributed by atoms with E-state index in [1.165, 1.54) is 11.0 Å². The minimum absolute atomic E-state index is 0.0703. The lowest BCUT2D eigenvalue weighted by molar-refractivity contribution is -0.130. The van der Waals surface area contributed by atoms with Crippen molar-refractivity contribution in [3.05, 3.63) is 21.3 Å². The Morgan fingerprint density at radius 2 is 2.24 bits per heavy atom. The summed E-state index contributed by atoms with van der Waals surface area (Å²) in [5.74, 6) is 0.296. The van der Waals surface area contributed by atoms with E-state index in [0.717, 1.165) is 0 Å². The summed E-state index contributed by atoms with van der Waals surface area (Å²) in [4.78, 5) is 12.8. The van der Waals surface area contributed by atoms with Crippen molar-refractivity contribution in [1.29, 1.82) is 5.26 Å². The van der Waals surface area contributed by atoms with Crippen LogP contribution in [0.5, 0.6) is 5.75 Å². The SMILES string of the molecule is CN(C)C(=O)COc1c(N)cc(C#N)cc1I. The van der Waals surface area contributed by atoms with E-state index in [1.807, 2.05) is 28.7 Å². The molecule has 0 bridgehead atoms. The first-order chi connectivity index (χ1) is 7.95. The highest BCUT2D eigenvalue weighted by Gasteiger charge is 2.11. The number of rotatable bonds is 3. The number of carbonyl (C=O) groups excluding carboxylic acids is 1. The van der Waals surface area contributed by atoms with E-state index in [0.29, 0.717) is 20.6 Å². The molecule has 0 aliphatic heterocycles. The van der Waals surface area contributed by atoms with Gasteiger partial charge < -0.3 is 15.4 Å². The van der Waals surface area contributed by atoms with Crippen LogP contribution in [0, 0.1) is 14.9 Å². The van der Waals surface area contributed by atoms with Crippen molar-refractivity contribution >= 4 is 34.2 Å². The molecule has 6 heteroatoms. The van der Waals surface area contributed by atoms with E-state index in [-0.39, 0.29) is 12.5 Å². The summed E-state index contributed by atoms with van der Waals surface area (Å²) in [5.41, 5.74) is 6.59. The molecule has 90 valence electrons. The van der Waals surface area contributed by atoms with E-state index in [1.54, 1.807) is 20.2 Å². The van der Waals surface area contributed by atoms with Crippen LogP contribution in [-0.2, 0) is 4.79 Å². The molecule has 0 spiro atoms. The van der Waals surface area contributed by atoms with Crippen molar-refractivity contribution in [2.45, 2.75) is 0 Å². The molecular formula is C11H12IN3O2. The number of ether oxygens (including phenoxy) is 1. The second-order valence-corrected chi connectivity index (χ2v) is 4.73. The standard InChI is InChI=1S/C11H12IN3O2/c1-15(2)10(16)6-17-11-8(12)3-7(5-13)4-9(11)14/h3-4H,6,14H2,1-2H3. The molecule has 0 fully saturated rings. The van der Waals surface area contributed by atoms with Gasteiger partial charge in [-0.1, -0.05) is 0 Å². The molecule has 2 N–H and O–H groups in total. The number of nitriles is 1. The number of carbonyl (C=O) groups is 1. The Kier molecular flexibility index (Phi) is 4.57. The molecule has 0 aliphatic carbocycles. The third-order valence-corrected chi connectivity index (χ3v) is 2.84. The Morgan fingerprint density at radius 1 is 1.59 bits per heavy atom. The molecule has 0 atom stereocenters. The fourth-order valence-electron chi connectivity index (χ4n) is 1.09. The Bertz CT molecular complexity index is 457. The number of nitrogens with two attached hydrogens (primary N) is 1. The van der Waals surface area contributed by atoms with Gasteiger partial charge in [0.05, 0.1) is 20.9 Å². The van der Waals surface area contributed by atoms with Gasteiger partial charge in [0, 0.05) is 14.1 Å². The van der Waals surface area contributed by atoms with Gasteiger partial charge in [0.15, 0.2) is 12.4 Å². The zero-order valence-electron chi connectivity index (χ0n) is 9.53. The number of halogens is 1. The van der Waals surface area contributed by atoms with Gasteiger partial charge in [-0.3, -0.25) is 4.79 Å². The summed E-state index contributed by atoms with van der Waals surface area (Å²) in [5, 5.41) is 8.76. The van der Waals surface area contributed by atoms with E-state index in [9.17, 15) is 4.79 Å². The smallest absolute Gasteiger partial charge is 0.259 e. The van der Waals surface area contributed by atoms with Crippen LogP contribution in [-0.4, -0.2) is 31.5 Å². The number of hydrogen-bond acceptors (Lipinski definition) is 4. The van der Waals surface area contributed by atoms with Gasteiger partial charge in [-0.2, -0.15) is 5.26 Å². The van der Waals surface area contributed by atoms with E-state index < -0.39 is 0 Å². The molecule has 1 aromatic carbocycles. The van der Waals surface area contributed by atoms with Crippen LogP contribution in [0.2, 0.25) is 0 Å². The van der Waals surface area contributed by atoms with Crippen LogP contribution in [0.15, 0.2) is 12.1 Å². The Balaban J connectivity index is 2.86. The van der Waals surface area contributed by atoms with Crippen molar-refractivity contribution in [3.8, 4) is 11.8 Å². The second kappa shape index (κ2) is 5.72. The number of hydrogen-bond donors (Lipinski definition) is 1. The lowest BCUT2D eigenvalue weighted by Gasteiger charge is -2.13. The zero-order chi connectivity index (χ0) is 13.0.